The van der Waals surface area contributed by atoms with Crippen LogP contribution in [0.4, 0.5) is 0 Å². The van der Waals surface area contributed by atoms with Gasteiger partial charge in [0.15, 0.2) is 0 Å². The first-order chi connectivity index (χ1) is 25.1. The van der Waals surface area contributed by atoms with Gasteiger partial charge in [-0.2, -0.15) is 0 Å². The van der Waals surface area contributed by atoms with Crippen molar-refractivity contribution in [3.63, 3.8) is 0 Å². The van der Waals surface area contributed by atoms with Gasteiger partial charge in [-0.25, -0.2) is 13.2 Å². The van der Waals surface area contributed by atoms with Gasteiger partial charge < -0.3 is 29.4 Å². The predicted molar refractivity (Wildman–Crippen MR) is 206 cm³/mol. The van der Waals surface area contributed by atoms with Crippen molar-refractivity contribution in [2.75, 3.05) is 27.4 Å². The van der Waals surface area contributed by atoms with Crippen molar-refractivity contribution in [2.45, 2.75) is 85.2 Å². The van der Waals surface area contributed by atoms with Gasteiger partial charge in [-0.3, -0.25) is 13.8 Å². The van der Waals surface area contributed by atoms with Crippen molar-refractivity contribution in [3.05, 3.63) is 107 Å². The Morgan fingerprint density at radius 2 is 1.68 bits per heavy atom. The van der Waals surface area contributed by atoms with Crippen LogP contribution in [0, 0.1) is 11.8 Å². The number of nitrogens with one attached hydrogen (secondary N) is 2. The lowest BCUT2D eigenvalue weighted by atomic mass is 9.96. The zero-order valence-electron chi connectivity index (χ0n) is 32.2. The monoisotopic (exact) mass is 757 g/mol. The number of rotatable bonds is 12. The van der Waals surface area contributed by atoms with Gasteiger partial charge in [0.2, 0.25) is 22.7 Å². The van der Waals surface area contributed by atoms with Gasteiger partial charge >= 0.3 is 5.97 Å². The van der Waals surface area contributed by atoms with Crippen LogP contribution in [0.2, 0.25) is 0 Å². The topological polar surface area (TPSA) is 169 Å². The van der Waals surface area contributed by atoms with Gasteiger partial charge in [-0.05, 0) is 58.4 Å². The maximum atomic E-state index is 13.1. The van der Waals surface area contributed by atoms with E-state index in [9.17, 15) is 27.4 Å². The molecule has 0 aliphatic carbocycles. The van der Waals surface area contributed by atoms with Crippen LogP contribution in [-0.4, -0.2) is 83.0 Å². The van der Waals surface area contributed by atoms with E-state index in [1.807, 2.05) is 64.2 Å². The number of ether oxygens (including phenoxy) is 3. The van der Waals surface area contributed by atoms with Crippen LogP contribution in [0.25, 0.3) is 0 Å². The highest BCUT2D eigenvalue weighted by Gasteiger charge is 2.21. The van der Waals surface area contributed by atoms with Crippen LogP contribution in [-0.2, 0) is 43.2 Å². The predicted octanol–water partition coefficient (Wildman–Crippen LogP) is 5.66. The zero-order valence-corrected chi connectivity index (χ0v) is 33.0. The van der Waals surface area contributed by atoms with Crippen LogP contribution in [0.3, 0.4) is 0 Å². The van der Waals surface area contributed by atoms with Gasteiger partial charge in [-0.1, -0.05) is 110 Å². The molecule has 1 heterocycles. The lowest BCUT2D eigenvalue weighted by Crippen LogP contribution is -2.47. The highest BCUT2D eigenvalue weighted by atomic mass is 32.3. The third-order valence-corrected chi connectivity index (χ3v) is 8.50. The number of cyclic esters (lactones) is 1. The molecule has 6 atom stereocenters. The Labute approximate surface area is 316 Å². The second-order valence-corrected chi connectivity index (χ2v) is 13.9. The minimum absolute atomic E-state index is 0.0378. The van der Waals surface area contributed by atoms with Crippen molar-refractivity contribution < 1.29 is 45.7 Å². The van der Waals surface area contributed by atoms with E-state index in [1.165, 1.54) is 11.6 Å². The van der Waals surface area contributed by atoms with Crippen molar-refractivity contribution in [3.8, 4) is 0 Å². The molecule has 0 aromatic rings. The first kappa shape index (κ1) is 46.9. The SMILES string of the molecule is COC1/C=C(C)/C=C/C(C)/C=C/C(=O)OC(/C(C)=C/C=C(\C)CNC(=O)C(COS(=O)(=O)[O-])NC=O)C(C)/C=C/C=C/C(OC)CC/C=C(C)\C=C\C1. The second kappa shape index (κ2) is 25.8. The molecule has 2 amide bonds. The van der Waals surface area contributed by atoms with E-state index in [1.54, 1.807) is 39.4 Å². The van der Waals surface area contributed by atoms with E-state index in [-0.39, 0.29) is 37.0 Å². The molecule has 53 heavy (non-hydrogen) atoms. The fraction of sp³-hybridized carbons (Fsp3) is 0.475. The van der Waals surface area contributed by atoms with Gasteiger partial charge in [0.1, 0.15) is 12.1 Å². The summed E-state index contributed by atoms with van der Waals surface area (Å²) in [6, 6.07) is -1.39. The Bertz CT molecular complexity index is 1570. The van der Waals surface area contributed by atoms with E-state index in [0.29, 0.717) is 5.57 Å². The average Bonchev–Trinajstić information content (AvgIpc) is 3.11. The third kappa shape index (κ3) is 21.9. The maximum absolute atomic E-state index is 13.1. The van der Waals surface area contributed by atoms with E-state index < -0.39 is 41.0 Å². The molecular weight excluding hydrogens is 701 g/mol. The smallest absolute Gasteiger partial charge is 0.331 e. The van der Waals surface area contributed by atoms with Gasteiger partial charge in [-0.15, -0.1) is 0 Å². The van der Waals surface area contributed by atoms with Crippen LogP contribution in [0.15, 0.2) is 107 Å². The number of hydrogen-bond acceptors (Lipinski definition) is 10. The highest BCUT2D eigenvalue weighted by molar-refractivity contribution is 7.80. The molecule has 0 aromatic carbocycles. The molecule has 0 saturated carbocycles. The van der Waals surface area contributed by atoms with Crippen LogP contribution in [0.5, 0.6) is 0 Å². The molecule has 12 nitrogen and oxygen atoms in total. The molecule has 1 aliphatic heterocycles. The zero-order chi connectivity index (χ0) is 39.8. The number of carbonyl (C=O) groups is 3. The number of carbonyl (C=O) groups excluding carboxylic acids is 3. The summed E-state index contributed by atoms with van der Waals surface area (Å²) in [6.45, 7) is 10.8. The second-order valence-electron chi connectivity index (χ2n) is 12.9. The fourth-order valence-corrected chi connectivity index (χ4v) is 5.22. The average molecular weight is 758 g/mol. The molecule has 0 spiro atoms. The normalized spacial score (nSPS) is 29.0. The first-order valence-corrected chi connectivity index (χ1v) is 18.8. The van der Waals surface area contributed by atoms with Crippen LogP contribution in [0.1, 0.15) is 60.8 Å². The molecule has 0 saturated heterocycles. The summed E-state index contributed by atoms with van der Waals surface area (Å²) >= 11 is 0. The van der Waals surface area contributed by atoms with Crippen molar-refractivity contribution >= 4 is 28.7 Å². The molecule has 13 heteroatoms. The Morgan fingerprint density at radius 3 is 2.34 bits per heavy atom. The minimum Gasteiger partial charge on any atom is -0.726 e. The molecular formula is C40H57N2O10S-. The molecule has 1 rings (SSSR count). The van der Waals surface area contributed by atoms with Crippen molar-refractivity contribution in [1.29, 1.82) is 0 Å². The Balaban J connectivity index is 3.30. The van der Waals surface area contributed by atoms with E-state index in [2.05, 4.69) is 46.0 Å². The van der Waals surface area contributed by atoms with E-state index >= 15 is 0 Å². The van der Waals surface area contributed by atoms with Crippen molar-refractivity contribution in [2.24, 2.45) is 11.8 Å². The lowest BCUT2D eigenvalue weighted by molar-refractivity contribution is -0.142. The summed E-state index contributed by atoms with van der Waals surface area (Å²) in [7, 11) is -1.68. The maximum Gasteiger partial charge on any atom is 0.331 e. The lowest BCUT2D eigenvalue weighted by Gasteiger charge is -2.22. The van der Waals surface area contributed by atoms with Gasteiger partial charge in [0.25, 0.3) is 0 Å². The Kier molecular flexibility index (Phi) is 22.8. The minimum atomic E-state index is -5.05. The van der Waals surface area contributed by atoms with Gasteiger partial charge in [0.05, 0.1) is 18.8 Å². The molecule has 0 aromatic heterocycles. The fourth-order valence-electron chi connectivity index (χ4n) is 4.92. The van der Waals surface area contributed by atoms with E-state index in [4.69, 9.17) is 14.2 Å². The molecule has 6 unspecified atom stereocenters. The quantitative estimate of drug-likeness (QED) is 0.0833. The van der Waals surface area contributed by atoms with Crippen LogP contribution >= 0.6 is 0 Å². The molecule has 1 aliphatic rings. The molecule has 2 N–H and O–H groups in total. The third-order valence-electron chi connectivity index (χ3n) is 8.08. The molecule has 0 radical (unpaired) electrons. The highest BCUT2D eigenvalue weighted by Crippen LogP contribution is 2.20. The summed E-state index contributed by atoms with van der Waals surface area (Å²) in [6.07, 6.45) is 28.8. The van der Waals surface area contributed by atoms with Crippen molar-refractivity contribution in [1.82, 2.24) is 10.6 Å². The number of methoxy groups -OCH3 is 2. The summed E-state index contributed by atoms with van der Waals surface area (Å²) < 4.78 is 53.7. The first-order valence-electron chi connectivity index (χ1n) is 17.5. The van der Waals surface area contributed by atoms with E-state index in [0.717, 1.165) is 30.4 Å². The Morgan fingerprint density at radius 1 is 1.00 bits per heavy atom. The molecule has 294 valence electrons. The molecule has 0 bridgehead atoms. The largest absolute Gasteiger partial charge is 0.726 e. The van der Waals surface area contributed by atoms with Gasteiger partial charge in [0, 0.05) is 32.8 Å². The summed E-state index contributed by atoms with van der Waals surface area (Å²) in [5.74, 6) is -1.52. The standard InChI is InChI=1S/C40H58N2O10S/c1-29-13-11-17-35(49-7)16-10-9-15-33(5)39(52-38(44)24-22-30(2)19-20-31(3)25-36(50-8)18-12-14-29)34(6)23-21-32(4)26-41-40(45)37(42-28-43)27-51-53(46,47)48/h9-10,12-16,19-25,28,30,33,35-37,39H,11,17-18,26-27H2,1-8H3,(H,41,45)(H,42,43)(H,46,47,48)/p-1/b14-12+,15-9+,16-10+,20-19+,24-22+,29-13-,31-25+,32-21+,34-23+. The molecule has 0 fully saturated rings. The number of esters is 1. The summed E-state index contributed by atoms with van der Waals surface area (Å²) in [4.78, 5) is 36.4. The summed E-state index contributed by atoms with van der Waals surface area (Å²) in [5, 5.41) is 4.68. The number of hydrogen-bond donors (Lipinski definition) is 2. The number of allylic oxidation sites excluding steroid dienone is 11. The Hall–Kier alpha value is -4.14. The number of amides is 2. The summed E-state index contributed by atoms with van der Waals surface area (Å²) in [5.41, 5.74) is 3.64. The van der Waals surface area contributed by atoms with Crippen LogP contribution < -0.4 is 10.6 Å².